The van der Waals surface area contributed by atoms with E-state index in [1.54, 1.807) is 0 Å². The SMILES string of the molecule is Cc1cccc2c1-c1ccc(N(c3ccc(-c4ccccc4)cc3)c3cc(N(c4ccccc4)c4ccccc4-c4ccccc4)cc(N(c4ccccc4)c4ccccc4-c4ccccc4)c3)cc1C2(C)C. The van der Waals surface area contributed by atoms with Crippen LogP contribution >= 0.6 is 0 Å². The lowest BCUT2D eigenvalue weighted by atomic mass is 9.82. The van der Waals surface area contributed by atoms with Gasteiger partial charge in [-0.1, -0.05) is 214 Å². The molecule has 0 radical (unpaired) electrons. The first kappa shape index (κ1) is 45.0. The fourth-order valence-corrected chi connectivity index (χ4v) is 11.0. The Bertz CT molecular complexity index is 3560. The van der Waals surface area contributed by atoms with E-state index in [9.17, 15) is 0 Å². The van der Waals surface area contributed by atoms with Gasteiger partial charge in [0, 0.05) is 39.3 Å². The number of aryl methyl sites for hydroxylation is 1. The van der Waals surface area contributed by atoms with Crippen LogP contribution in [0.5, 0.6) is 0 Å². The zero-order chi connectivity index (χ0) is 49.3. The van der Waals surface area contributed by atoms with Gasteiger partial charge in [-0.3, -0.25) is 0 Å². The Morgan fingerprint density at radius 3 is 1.16 bits per heavy atom. The zero-order valence-electron chi connectivity index (χ0n) is 41.4. The molecule has 11 aromatic carbocycles. The average molecular weight is 938 g/mol. The Morgan fingerprint density at radius 2 is 0.658 bits per heavy atom. The average Bonchev–Trinajstić information content (AvgIpc) is 3.69. The molecule has 0 saturated heterocycles. The summed E-state index contributed by atoms with van der Waals surface area (Å²) in [6, 6.07) is 101. The Morgan fingerprint density at radius 1 is 0.260 bits per heavy atom. The Balaban J connectivity index is 1.16. The van der Waals surface area contributed by atoms with Crippen LogP contribution in [0, 0.1) is 6.92 Å². The third kappa shape index (κ3) is 8.45. The molecule has 0 atom stereocenters. The number of fused-ring (bicyclic) bond motifs is 3. The van der Waals surface area contributed by atoms with Crippen molar-refractivity contribution in [1.29, 1.82) is 0 Å². The van der Waals surface area contributed by atoms with Crippen molar-refractivity contribution in [2.24, 2.45) is 0 Å². The fourth-order valence-electron chi connectivity index (χ4n) is 11.0. The van der Waals surface area contributed by atoms with E-state index in [2.05, 4.69) is 315 Å². The molecule has 3 nitrogen and oxygen atoms in total. The maximum atomic E-state index is 2.46. The van der Waals surface area contributed by atoms with Crippen molar-refractivity contribution in [3.8, 4) is 44.5 Å². The molecule has 0 fully saturated rings. The summed E-state index contributed by atoms with van der Waals surface area (Å²) < 4.78 is 0. The van der Waals surface area contributed by atoms with Gasteiger partial charge in [-0.05, 0) is 136 Å². The second-order valence-electron chi connectivity index (χ2n) is 19.4. The lowest BCUT2D eigenvalue weighted by Gasteiger charge is -2.34. The minimum absolute atomic E-state index is 0.209. The molecule has 73 heavy (non-hydrogen) atoms. The maximum absolute atomic E-state index is 2.46. The highest BCUT2D eigenvalue weighted by molar-refractivity contribution is 5.96. The molecule has 3 heteroatoms. The van der Waals surface area contributed by atoms with Crippen molar-refractivity contribution in [1.82, 2.24) is 0 Å². The van der Waals surface area contributed by atoms with E-state index in [1.165, 1.54) is 38.9 Å². The zero-order valence-corrected chi connectivity index (χ0v) is 41.4. The number of rotatable bonds is 12. The Labute approximate surface area is 430 Å². The van der Waals surface area contributed by atoms with Crippen LogP contribution in [0.15, 0.2) is 279 Å². The first-order valence-electron chi connectivity index (χ1n) is 25.3. The molecule has 0 spiro atoms. The Kier molecular flexibility index (Phi) is 11.8. The number of benzene rings is 11. The molecular formula is C70H55N3. The molecular weight excluding hydrogens is 883 g/mol. The number of anilines is 9. The van der Waals surface area contributed by atoms with Crippen molar-refractivity contribution in [2.45, 2.75) is 26.2 Å². The summed E-state index contributed by atoms with van der Waals surface area (Å²) in [7, 11) is 0. The second-order valence-corrected chi connectivity index (χ2v) is 19.4. The largest absolute Gasteiger partial charge is 0.310 e. The molecule has 1 aliphatic rings. The number of para-hydroxylation sites is 4. The van der Waals surface area contributed by atoms with E-state index in [4.69, 9.17) is 0 Å². The van der Waals surface area contributed by atoms with Gasteiger partial charge in [0.05, 0.1) is 28.4 Å². The molecule has 0 aliphatic heterocycles. The van der Waals surface area contributed by atoms with E-state index >= 15 is 0 Å². The monoisotopic (exact) mass is 937 g/mol. The molecule has 0 saturated carbocycles. The van der Waals surface area contributed by atoms with Crippen molar-refractivity contribution < 1.29 is 0 Å². The lowest BCUT2D eigenvalue weighted by Crippen LogP contribution is -2.18. The summed E-state index contributed by atoms with van der Waals surface area (Å²) in [6.45, 7) is 7.00. The molecule has 0 bridgehead atoms. The quantitative estimate of drug-likeness (QED) is 0.121. The summed E-state index contributed by atoms with van der Waals surface area (Å²) >= 11 is 0. The Hall–Kier alpha value is -9.18. The van der Waals surface area contributed by atoms with Crippen LogP contribution in [-0.2, 0) is 5.41 Å². The molecule has 0 amide bonds. The van der Waals surface area contributed by atoms with Gasteiger partial charge < -0.3 is 14.7 Å². The van der Waals surface area contributed by atoms with E-state index in [-0.39, 0.29) is 5.41 Å². The summed E-state index contributed by atoms with van der Waals surface area (Å²) in [5.74, 6) is 0. The van der Waals surface area contributed by atoms with E-state index in [0.29, 0.717) is 0 Å². The third-order valence-electron chi connectivity index (χ3n) is 14.5. The minimum Gasteiger partial charge on any atom is -0.310 e. The van der Waals surface area contributed by atoms with Crippen LogP contribution in [0.3, 0.4) is 0 Å². The molecule has 1 aliphatic carbocycles. The van der Waals surface area contributed by atoms with Crippen LogP contribution in [0.4, 0.5) is 51.2 Å². The normalized spacial score (nSPS) is 12.2. The van der Waals surface area contributed by atoms with Crippen molar-refractivity contribution in [2.75, 3.05) is 14.7 Å². The molecule has 0 N–H and O–H groups in total. The van der Waals surface area contributed by atoms with Gasteiger partial charge >= 0.3 is 0 Å². The molecule has 0 unspecified atom stereocenters. The summed E-state index contributed by atoms with van der Waals surface area (Å²) in [5.41, 5.74) is 22.8. The van der Waals surface area contributed by atoms with Crippen LogP contribution in [0.2, 0.25) is 0 Å². The van der Waals surface area contributed by atoms with Gasteiger partial charge in [0.15, 0.2) is 0 Å². The summed E-state index contributed by atoms with van der Waals surface area (Å²) in [5, 5.41) is 0. The van der Waals surface area contributed by atoms with Gasteiger partial charge in [-0.15, -0.1) is 0 Å². The van der Waals surface area contributed by atoms with Crippen molar-refractivity contribution >= 4 is 51.2 Å². The topological polar surface area (TPSA) is 9.72 Å². The molecule has 350 valence electrons. The molecule has 0 heterocycles. The maximum Gasteiger partial charge on any atom is 0.0540 e. The number of nitrogens with zero attached hydrogens (tertiary/aromatic N) is 3. The summed E-state index contributed by atoms with van der Waals surface area (Å²) in [6.07, 6.45) is 0. The van der Waals surface area contributed by atoms with Crippen LogP contribution in [-0.4, -0.2) is 0 Å². The van der Waals surface area contributed by atoms with Crippen molar-refractivity contribution in [3.05, 3.63) is 296 Å². The lowest BCUT2D eigenvalue weighted by molar-refractivity contribution is 0.660. The fraction of sp³-hybridized carbons (Fsp3) is 0.0571. The first-order valence-corrected chi connectivity index (χ1v) is 25.3. The van der Waals surface area contributed by atoms with E-state index in [0.717, 1.165) is 73.4 Å². The standard InChI is InChI=1S/C70H55N3/c1-50-24-23-37-65-69(50)64-45-44-58(49-66(64)70(65,2)3)71(57-42-40-52(41-43-57)51-25-9-4-10-26-51)59-46-60(72(55-31-15-7-16-32-55)67-38-21-19-35-62(67)53-27-11-5-12-28-53)48-61(47-59)73(56-33-17-8-18-34-56)68-39-22-20-36-63(68)54-29-13-6-14-30-54/h4-49H,1-3H3. The molecule has 0 aromatic heterocycles. The first-order chi connectivity index (χ1) is 35.9. The van der Waals surface area contributed by atoms with Crippen LogP contribution < -0.4 is 14.7 Å². The van der Waals surface area contributed by atoms with Gasteiger partial charge in [0.1, 0.15) is 0 Å². The highest BCUT2D eigenvalue weighted by Crippen LogP contribution is 2.53. The van der Waals surface area contributed by atoms with Crippen LogP contribution in [0.1, 0.15) is 30.5 Å². The highest BCUT2D eigenvalue weighted by Gasteiger charge is 2.37. The molecule has 11 aromatic rings. The third-order valence-corrected chi connectivity index (χ3v) is 14.5. The van der Waals surface area contributed by atoms with E-state index in [1.807, 2.05) is 0 Å². The van der Waals surface area contributed by atoms with E-state index < -0.39 is 0 Å². The van der Waals surface area contributed by atoms with Crippen LogP contribution in [0.25, 0.3) is 44.5 Å². The van der Waals surface area contributed by atoms with Crippen molar-refractivity contribution in [3.63, 3.8) is 0 Å². The summed E-state index contributed by atoms with van der Waals surface area (Å²) in [4.78, 5) is 7.33. The number of hydrogen-bond acceptors (Lipinski definition) is 3. The van der Waals surface area contributed by atoms with Gasteiger partial charge in [-0.2, -0.15) is 0 Å². The van der Waals surface area contributed by atoms with Gasteiger partial charge in [-0.25, -0.2) is 0 Å². The second kappa shape index (κ2) is 19.2. The smallest absolute Gasteiger partial charge is 0.0540 e. The highest BCUT2D eigenvalue weighted by atomic mass is 15.2. The minimum atomic E-state index is -0.209. The van der Waals surface area contributed by atoms with Gasteiger partial charge in [0.2, 0.25) is 0 Å². The van der Waals surface area contributed by atoms with Gasteiger partial charge in [0.25, 0.3) is 0 Å². The predicted molar refractivity (Wildman–Crippen MR) is 309 cm³/mol. The molecule has 12 rings (SSSR count). The number of hydrogen-bond donors (Lipinski definition) is 0. The predicted octanol–water partition coefficient (Wildman–Crippen LogP) is 19.7.